The maximum absolute atomic E-state index is 12.6. The van der Waals surface area contributed by atoms with Gasteiger partial charge >= 0.3 is 5.97 Å². The Bertz CT molecular complexity index is 807. The Balaban J connectivity index is 2.14. The fraction of sp³-hybridized carbons (Fsp3) is 0.421. The topological polar surface area (TPSA) is 128 Å². The summed E-state index contributed by atoms with van der Waals surface area (Å²) in [6.45, 7) is -0.652. The highest BCUT2D eigenvalue weighted by atomic mass is 35.5. The molecule has 1 saturated carbocycles. The van der Waals surface area contributed by atoms with Crippen molar-refractivity contribution in [3.8, 4) is 0 Å². The number of rotatable bonds is 8. The highest BCUT2D eigenvalue weighted by Crippen LogP contribution is 2.22. The van der Waals surface area contributed by atoms with Crippen LogP contribution in [0.4, 0.5) is 0 Å². The number of carboxylic acid groups (broad SMARTS) is 1. The lowest BCUT2D eigenvalue weighted by atomic mass is 9.95. The number of aliphatic carboxylic acids is 1. The number of carboxylic acids is 1. The van der Waals surface area contributed by atoms with Gasteiger partial charge < -0.3 is 26.2 Å². The van der Waals surface area contributed by atoms with Crippen molar-refractivity contribution in [2.24, 2.45) is 0 Å². The van der Waals surface area contributed by atoms with Gasteiger partial charge in [-0.2, -0.15) is 0 Å². The largest absolute Gasteiger partial charge is 0.494 e. The van der Waals surface area contributed by atoms with E-state index in [0.717, 1.165) is 32.1 Å². The van der Waals surface area contributed by atoms with Gasteiger partial charge in [0.1, 0.15) is 6.54 Å². The SMILES string of the molecule is O=C(O)CNC(=O)/C(C(=O)NCc1ccc(Cl)c(Cl)c1)=C(\O)NC1CCCCC1. The van der Waals surface area contributed by atoms with Gasteiger partial charge in [-0.3, -0.25) is 14.4 Å². The molecule has 10 heteroatoms. The van der Waals surface area contributed by atoms with Crippen LogP contribution in [0, 0.1) is 0 Å². The average Bonchev–Trinajstić information content (AvgIpc) is 2.68. The van der Waals surface area contributed by atoms with E-state index in [0.29, 0.717) is 15.6 Å². The summed E-state index contributed by atoms with van der Waals surface area (Å²) < 4.78 is 0. The van der Waals surface area contributed by atoms with Gasteiger partial charge in [0.2, 0.25) is 5.88 Å². The zero-order valence-corrected chi connectivity index (χ0v) is 17.1. The van der Waals surface area contributed by atoms with Crippen LogP contribution in [0.1, 0.15) is 37.7 Å². The van der Waals surface area contributed by atoms with E-state index in [1.165, 1.54) is 0 Å². The lowest BCUT2D eigenvalue weighted by Gasteiger charge is -2.24. The maximum atomic E-state index is 12.6. The average molecular weight is 444 g/mol. The summed E-state index contributed by atoms with van der Waals surface area (Å²) in [6, 6.07) is 4.73. The number of halogens is 2. The molecular formula is C19H23Cl2N3O5. The summed E-state index contributed by atoms with van der Waals surface area (Å²) in [5.74, 6) is -3.68. The Morgan fingerprint density at radius 2 is 1.62 bits per heavy atom. The summed E-state index contributed by atoms with van der Waals surface area (Å²) >= 11 is 11.8. The lowest BCUT2D eigenvalue weighted by Crippen LogP contribution is -2.41. The zero-order valence-electron chi connectivity index (χ0n) is 15.6. The first kappa shape index (κ1) is 22.8. The third kappa shape index (κ3) is 7.14. The molecule has 1 aromatic carbocycles. The highest BCUT2D eigenvalue weighted by molar-refractivity contribution is 6.42. The Morgan fingerprint density at radius 1 is 0.966 bits per heavy atom. The van der Waals surface area contributed by atoms with Gasteiger partial charge in [-0.1, -0.05) is 48.5 Å². The minimum Gasteiger partial charge on any atom is -0.494 e. The molecule has 0 heterocycles. The van der Waals surface area contributed by atoms with E-state index in [2.05, 4.69) is 16.0 Å². The number of hydrogen-bond acceptors (Lipinski definition) is 5. The third-order valence-electron chi connectivity index (χ3n) is 4.47. The summed E-state index contributed by atoms with van der Waals surface area (Å²) in [4.78, 5) is 35.7. The predicted octanol–water partition coefficient (Wildman–Crippen LogP) is 2.50. The monoisotopic (exact) mass is 443 g/mol. The molecule has 0 aromatic heterocycles. The van der Waals surface area contributed by atoms with Crippen molar-refractivity contribution in [2.75, 3.05) is 6.54 Å². The van der Waals surface area contributed by atoms with Gasteiger partial charge in [0.05, 0.1) is 10.0 Å². The molecule has 0 unspecified atom stereocenters. The number of benzene rings is 1. The standard InChI is InChI=1S/C19H23Cl2N3O5/c20-13-7-6-11(8-14(13)21)9-22-17(27)16(18(28)23-10-15(25)26)19(29)24-12-4-2-1-3-5-12/h6-8,12,24,29H,1-5,9-10H2,(H,22,27)(H,23,28)(H,25,26)/b19-16-. The molecule has 2 rings (SSSR count). The van der Waals surface area contributed by atoms with Crippen LogP contribution in [-0.2, 0) is 20.9 Å². The normalized spacial score (nSPS) is 15.2. The fourth-order valence-electron chi connectivity index (χ4n) is 3.00. The van der Waals surface area contributed by atoms with Crippen LogP contribution in [0.25, 0.3) is 0 Å². The predicted molar refractivity (Wildman–Crippen MR) is 109 cm³/mol. The number of aliphatic hydroxyl groups is 1. The van der Waals surface area contributed by atoms with Crippen molar-refractivity contribution in [1.29, 1.82) is 0 Å². The highest BCUT2D eigenvalue weighted by Gasteiger charge is 2.26. The van der Waals surface area contributed by atoms with Crippen LogP contribution < -0.4 is 16.0 Å². The van der Waals surface area contributed by atoms with E-state index >= 15 is 0 Å². The van der Waals surface area contributed by atoms with E-state index in [-0.39, 0.29) is 12.6 Å². The minimum absolute atomic E-state index is 0.0299. The minimum atomic E-state index is -1.27. The quantitative estimate of drug-likeness (QED) is 0.182. The van der Waals surface area contributed by atoms with Gasteiger partial charge in [-0.25, -0.2) is 0 Å². The molecular weight excluding hydrogens is 421 g/mol. The number of nitrogens with one attached hydrogen (secondary N) is 3. The van der Waals surface area contributed by atoms with Crippen molar-refractivity contribution < 1.29 is 24.6 Å². The second kappa shape index (κ2) is 10.9. The van der Waals surface area contributed by atoms with E-state index < -0.39 is 35.8 Å². The maximum Gasteiger partial charge on any atom is 0.322 e. The van der Waals surface area contributed by atoms with Crippen molar-refractivity contribution in [3.05, 3.63) is 45.3 Å². The van der Waals surface area contributed by atoms with Gasteiger partial charge in [0.25, 0.3) is 11.8 Å². The molecule has 5 N–H and O–H groups in total. The van der Waals surface area contributed by atoms with Crippen LogP contribution in [0.5, 0.6) is 0 Å². The molecule has 1 aromatic rings. The van der Waals surface area contributed by atoms with Gasteiger partial charge in [-0.15, -0.1) is 0 Å². The second-order valence-electron chi connectivity index (χ2n) is 6.71. The molecule has 0 spiro atoms. The van der Waals surface area contributed by atoms with E-state index in [1.54, 1.807) is 18.2 Å². The molecule has 1 aliphatic carbocycles. The van der Waals surface area contributed by atoms with Crippen LogP contribution in [-0.4, -0.2) is 40.6 Å². The third-order valence-corrected chi connectivity index (χ3v) is 5.21. The van der Waals surface area contributed by atoms with Crippen molar-refractivity contribution in [1.82, 2.24) is 16.0 Å². The molecule has 2 amide bonds. The molecule has 1 fully saturated rings. The summed E-state index contributed by atoms with van der Waals surface area (Å²) in [7, 11) is 0. The first-order chi connectivity index (χ1) is 13.8. The van der Waals surface area contributed by atoms with Crippen LogP contribution in [0.15, 0.2) is 29.7 Å². The summed E-state index contributed by atoms with van der Waals surface area (Å²) in [5.41, 5.74) is 0.0645. The molecule has 1 aliphatic rings. The van der Waals surface area contributed by atoms with Crippen LogP contribution in [0.2, 0.25) is 10.0 Å². The number of aliphatic hydroxyl groups excluding tert-OH is 1. The second-order valence-corrected chi connectivity index (χ2v) is 7.52. The number of carbonyl (C=O) groups is 3. The molecule has 0 atom stereocenters. The van der Waals surface area contributed by atoms with E-state index in [4.69, 9.17) is 28.3 Å². The van der Waals surface area contributed by atoms with Crippen molar-refractivity contribution in [2.45, 2.75) is 44.7 Å². The Hall–Kier alpha value is -2.45. The summed E-state index contributed by atoms with van der Waals surface area (Å²) in [6.07, 6.45) is 4.67. The number of amides is 2. The number of hydrogen-bond donors (Lipinski definition) is 5. The zero-order chi connectivity index (χ0) is 21.4. The van der Waals surface area contributed by atoms with Crippen molar-refractivity contribution >= 4 is 41.0 Å². The molecule has 8 nitrogen and oxygen atoms in total. The van der Waals surface area contributed by atoms with Gasteiger partial charge in [0.15, 0.2) is 5.57 Å². The van der Waals surface area contributed by atoms with Crippen molar-refractivity contribution in [3.63, 3.8) is 0 Å². The molecule has 0 aliphatic heterocycles. The van der Waals surface area contributed by atoms with Gasteiger partial charge in [0, 0.05) is 12.6 Å². The van der Waals surface area contributed by atoms with E-state index in [1.807, 2.05) is 0 Å². The van der Waals surface area contributed by atoms with Gasteiger partial charge in [-0.05, 0) is 30.5 Å². The summed E-state index contributed by atoms with van der Waals surface area (Å²) in [5, 5.41) is 27.3. The lowest BCUT2D eigenvalue weighted by molar-refractivity contribution is -0.138. The Kier molecular flexibility index (Phi) is 8.60. The molecule has 0 saturated heterocycles. The molecule has 0 radical (unpaired) electrons. The fourth-order valence-corrected chi connectivity index (χ4v) is 3.32. The molecule has 29 heavy (non-hydrogen) atoms. The van der Waals surface area contributed by atoms with E-state index in [9.17, 15) is 19.5 Å². The Labute approximate surface area is 178 Å². The smallest absolute Gasteiger partial charge is 0.322 e. The first-order valence-electron chi connectivity index (χ1n) is 9.19. The van der Waals surface area contributed by atoms with Crippen LogP contribution in [0.3, 0.4) is 0 Å². The van der Waals surface area contributed by atoms with Crippen LogP contribution >= 0.6 is 23.2 Å². The Morgan fingerprint density at radius 3 is 2.24 bits per heavy atom. The first-order valence-corrected chi connectivity index (χ1v) is 9.95. The number of carbonyl (C=O) groups excluding carboxylic acids is 2. The molecule has 0 bridgehead atoms. The molecule has 158 valence electrons.